The van der Waals surface area contributed by atoms with Gasteiger partial charge in [0.25, 0.3) is 0 Å². The van der Waals surface area contributed by atoms with Gasteiger partial charge in [0.2, 0.25) is 0 Å². The van der Waals surface area contributed by atoms with Crippen LogP contribution in [0.25, 0.3) is 0 Å². The maximum atomic E-state index is 4.83. The van der Waals surface area contributed by atoms with E-state index in [1.165, 1.54) is 122 Å². The molecular weight excluding hydrogens is 294 g/mol. The molecule has 1 saturated carbocycles. The van der Waals surface area contributed by atoms with Crippen LogP contribution in [-0.2, 0) is 0 Å². The van der Waals surface area contributed by atoms with Crippen molar-refractivity contribution in [2.45, 2.75) is 89.9 Å². The van der Waals surface area contributed by atoms with Crippen molar-refractivity contribution >= 4 is 5.96 Å². The van der Waals surface area contributed by atoms with Crippen LogP contribution in [-0.4, -0.2) is 48.5 Å². The van der Waals surface area contributed by atoms with E-state index in [2.05, 4.69) is 9.80 Å². The first-order valence-electron chi connectivity index (χ1n) is 11.0. The van der Waals surface area contributed by atoms with Crippen LogP contribution in [0.1, 0.15) is 89.9 Å². The van der Waals surface area contributed by atoms with Gasteiger partial charge in [-0.05, 0) is 31.6 Å². The maximum absolute atomic E-state index is 4.83. The first kappa shape index (κ1) is 18.1. The minimum Gasteiger partial charge on any atom is -0.343 e. The van der Waals surface area contributed by atoms with E-state index in [1.54, 1.807) is 0 Å². The first-order chi connectivity index (χ1) is 11.9. The Balaban J connectivity index is 1.41. The molecule has 0 aromatic carbocycles. The molecule has 3 heteroatoms. The van der Waals surface area contributed by atoms with Gasteiger partial charge in [-0.3, -0.25) is 4.99 Å². The summed E-state index contributed by atoms with van der Waals surface area (Å²) in [4.78, 5) is 9.95. The molecule has 24 heavy (non-hydrogen) atoms. The standard InChI is InChI=1S/C21H39N3/c1-2-4-6-8-13-20(12-7-5-3-1)14-9-16-23-18-11-19-24-17-10-15-22-21(23)24/h20H,1-19H2. The van der Waals surface area contributed by atoms with Crippen molar-refractivity contribution in [3.63, 3.8) is 0 Å². The summed E-state index contributed by atoms with van der Waals surface area (Å²) in [5, 5.41) is 0. The van der Waals surface area contributed by atoms with Crippen LogP contribution in [0.15, 0.2) is 4.99 Å². The Labute approximate surface area is 149 Å². The Morgan fingerprint density at radius 1 is 0.750 bits per heavy atom. The summed E-state index contributed by atoms with van der Waals surface area (Å²) in [6.45, 7) is 5.99. The molecule has 0 aromatic rings. The predicted octanol–water partition coefficient (Wildman–Crippen LogP) is 5.06. The quantitative estimate of drug-likeness (QED) is 0.715. The van der Waals surface area contributed by atoms with Gasteiger partial charge in [-0.2, -0.15) is 0 Å². The van der Waals surface area contributed by atoms with Crippen LogP contribution in [0.2, 0.25) is 0 Å². The SMILES string of the molecule is C1CCCCCC(CCCN2CCCN3CCCN=C32)CCCC1. The van der Waals surface area contributed by atoms with Crippen molar-refractivity contribution in [3.05, 3.63) is 0 Å². The maximum Gasteiger partial charge on any atom is 0.196 e. The molecule has 138 valence electrons. The zero-order chi connectivity index (χ0) is 16.5. The Kier molecular flexibility index (Phi) is 7.76. The zero-order valence-electron chi connectivity index (χ0n) is 15.9. The van der Waals surface area contributed by atoms with Gasteiger partial charge in [0, 0.05) is 32.7 Å². The van der Waals surface area contributed by atoms with E-state index in [0.29, 0.717) is 0 Å². The van der Waals surface area contributed by atoms with Crippen LogP contribution in [0.3, 0.4) is 0 Å². The highest BCUT2D eigenvalue weighted by Gasteiger charge is 2.25. The lowest BCUT2D eigenvalue weighted by atomic mass is 9.91. The Morgan fingerprint density at radius 3 is 2.17 bits per heavy atom. The number of fused-ring (bicyclic) bond motifs is 1. The zero-order valence-corrected chi connectivity index (χ0v) is 15.9. The highest BCUT2D eigenvalue weighted by molar-refractivity contribution is 5.81. The summed E-state index contributed by atoms with van der Waals surface area (Å²) in [7, 11) is 0. The number of guanidine groups is 1. The monoisotopic (exact) mass is 333 g/mol. The molecule has 0 atom stereocenters. The van der Waals surface area contributed by atoms with Gasteiger partial charge >= 0.3 is 0 Å². The van der Waals surface area contributed by atoms with Gasteiger partial charge in [0.15, 0.2) is 5.96 Å². The number of nitrogens with zero attached hydrogens (tertiary/aromatic N) is 3. The van der Waals surface area contributed by atoms with Crippen LogP contribution < -0.4 is 0 Å². The van der Waals surface area contributed by atoms with E-state index in [-0.39, 0.29) is 0 Å². The van der Waals surface area contributed by atoms with Crippen LogP contribution in [0, 0.1) is 5.92 Å². The Bertz CT molecular complexity index is 367. The molecular formula is C21H39N3. The van der Waals surface area contributed by atoms with Crippen LogP contribution in [0.5, 0.6) is 0 Å². The van der Waals surface area contributed by atoms with Crippen LogP contribution >= 0.6 is 0 Å². The van der Waals surface area contributed by atoms with E-state index in [1.807, 2.05) is 0 Å². The summed E-state index contributed by atoms with van der Waals surface area (Å²) >= 11 is 0. The molecule has 1 saturated heterocycles. The van der Waals surface area contributed by atoms with E-state index in [9.17, 15) is 0 Å². The van der Waals surface area contributed by atoms with Crippen molar-refractivity contribution in [3.8, 4) is 0 Å². The fourth-order valence-corrected chi connectivity index (χ4v) is 4.85. The molecule has 0 aromatic heterocycles. The van der Waals surface area contributed by atoms with E-state index >= 15 is 0 Å². The molecule has 0 radical (unpaired) electrons. The Morgan fingerprint density at radius 2 is 1.42 bits per heavy atom. The number of hydrogen-bond acceptors (Lipinski definition) is 3. The van der Waals surface area contributed by atoms with Crippen molar-refractivity contribution in [1.82, 2.24) is 9.80 Å². The smallest absolute Gasteiger partial charge is 0.196 e. The largest absolute Gasteiger partial charge is 0.343 e. The average Bonchev–Trinajstić information content (AvgIpc) is 2.68. The molecule has 0 amide bonds. The summed E-state index contributed by atoms with van der Waals surface area (Å²) < 4.78 is 0. The molecule has 0 N–H and O–H groups in total. The second-order valence-corrected chi connectivity index (χ2v) is 8.28. The van der Waals surface area contributed by atoms with Gasteiger partial charge in [0.1, 0.15) is 0 Å². The normalized spacial score (nSPS) is 24.9. The van der Waals surface area contributed by atoms with Crippen LogP contribution in [0.4, 0.5) is 0 Å². The van der Waals surface area contributed by atoms with Gasteiger partial charge in [0.05, 0.1) is 0 Å². The fraction of sp³-hybridized carbons (Fsp3) is 0.952. The lowest BCUT2D eigenvalue weighted by Crippen LogP contribution is -2.52. The molecule has 1 aliphatic carbocycles. The average molecular weight is 334 g/mol. The predicted molar refractivity (Wildman–Crippen MR) is 104 cm³/mol. The fourth-order valence-electron chi connectivity index (χ4n) is 4.85. The number of rotatable bonds is 4. The van der Waals surface area contributed by atoms with Gasteiger partial charge in [-0.15, -0.1) is 0 Å². The second kappa shape index (κ2) is 10.3. The van der Waals surface area contributed by atoms with Crippen molar-refractivity contribution in [2.24, 2.45) is 10.9 Å². The summed E-state index contributed by atoms with van der Waals surface area (Å²) in [6.07, 6.45) is 20.2. The molecule has 2 heterocycles. The van der Waals surface area contributed by atoms with E-state index < -0.39 is 0 Å². The van der Waals surface area contributed by atoms with E-state index in [4.69, 9.17) is 4.99 Å². The lowest BCUT2D eigenvalue weighted by molar-refractivity contribution is 0.236. The highest BCUT2D eigenvalue weighted by atomic mass is 15.4. The van der Waals surface area contributed by atoms with Gasteiger partial charge < -0.3 is 9.80 Å². The van der Waals surface area contributed by atoms with Crippen molar-refractivity contribution < 1.29 is 0 Å². The molecule has 2 aliphatic heterocycles. The molecule has 0 spiro atoms. The minimum atomic E-state index is 0.997. The minimum absolute atomic E-state index is 0.997. The number of hydrogen-bond donors (Lipinski definition) is 0. The summed E-state index contributed by atoms with van der Waals surface area (Å²) in [5.41, 5.74) is 0. The molecule has 3 aliphatic rings. The van der Waals surface area contributed by atoms with Gasteiger partial charge in [-0.25, -0.2) is 0 Å². The van der Waals surface area contributed by atoms with E-state index in [0.717, 1.165) is 12.5 Å². The third-order valence-electron chi connectivity index (χ3n) is 6.28. The third kappa shape index (κ3) is 5.67. The summed E-state index contributed by atoms with van der Waals surface area (Å²) in [6, 6.07) is 0. The Hall–Kier alpha value is -0.730. The van der Waals surface area contributed by atoms with Crippen molar-refractivity contribution in [1.29, 1.82) is 0 Å². The first-order valence-corrected chi connectivity index (χ1v) is 11.0. The second-order valence-electron chi connectivity index (χ2n) is 8.28. The lowest BCUT2D eigenvalue weighted by Gasteiger charge is -2.41. The highest BCUT2D eigenvalue weighted by Crippen LogP contribution is 2.25. The van der Waals surface area contributed by atoms with Crippen molar-refractivity contribution in [2.75, 3.05) is 32.7 Å². The molecule has 0 unspecified atom stereocenters. The van der Waals surface area contributed by atoms with Gasteiger partial charge in [-0.1, -0.05) is 64.2 Å². The number of aliphatic imine (C=N–C) groups is 1. The summed E-state index contributed by atoms with van der Waals surface area (Å²) in [5.74, 6) is 2.33. The molecule has 3 rings (SSSR count). The topological polar surface area (TPSA) is 18.8 Å². The molecule has 3 nitrogen and oxygen atoms in total. The third-order valence-corrected chi connectivity index (χ3v) is 6.28. The molecule has 0 bridgehead atoms. The molecule has 2 fully saturated rings.